The number of hydrogen-bond donors (Lipinski definition) is 3. The maximum atomic E-state index is 14.1. The molecular weight excluding hydrogens is 506 g/mol. The fourth-order valence-corrected chi connectivity index (χ4v) is 6.86. The molecule has 0 aromatic heterocycles. The van der Waals surface area contributed by atoms with Gasteiger partial charge in [0.2, 0.25) is 17.7 Å². The van der Waals surface area contributed by atoms with E-state index in [0.717, 1.165) is 6.42 Å². The summed E-state index contributed by atoms with van der Waals surface area (Å²) in [4.78, 5) is 43.3. The quantitative estimate of drug-likeness (QED) is 0.416. The third-order valence-corrected chi connectivity index (χ3v) is 8.81. The molecule has 2 aromatic carbocycles. The average Bonchev–Trinajstić information content (AvgIpc) is 3.40. The lowest BCUT2D eigenvalue weighted by atomic mass is 9.62. The second-order valence-electron chi connectivity index (χ2n) is 10.9. The Bertz CT molecular complexity index is 1210. The number of carbonyl (C=O) groups is 3. The van der Waals surface area contributed by atoms with Crippen LogP contribution in [0.2, 0.25) is 5.02 Å². The molecule has 3 aliphatic rings. The molecule has 5 rings (SSSR count). The molecule has 38 heavy (non-hydrogen) atoms. The van der Waals surface area contributed by atoms with Crippen LogP contribution < -0.4 is 10.6 Å². The summed E-state index contributed by atoms with van der Waals surface area (Å²) in [6, 6.07) is 15.1. The van der Waals surface area contributed by atoms with Gasteiger partial charge in [-0.2, -0.15) is 0 Å². The predicted molar refractivity (Wildman–Crippen MR) is 145 cm³/mol. The number of benzene rings is 2. The van der Waals surface area contributed by atoms with Crippen LogP contribution in [0.1, 0.15) is 39.5 Å². The fraction of sp³-hybridized carbons (Fsp3) is 0.483. The summed E-state index contributed by atoms with van der Waals surface area (Å²) in [7, 11) is 0. The standard InChI is InChI=1S/C29H34ClN3O5/c1-18-17-29-23(22(28(18,2)38-29)25(35)31-20-9-5-3-6-10-20)27(37)33(15-7-4-8-16-34)24(29)26(36)32-21-13-11-19(30)12-14-21/h3,5-6,9-14,18,22-24,34H,4,7-8,15-17H2,1-2H3,(H,31,35)(H,32,36)/t18?,22-,23+,24?,28+,29?/m1/s1. The van der Waals surface area contributed by atoms with Gasteiger partial charge in [-0.15, -0.1) is 0 Å². The highest BCUT2D eigenvalue weighted by molar-refractivity contribution is 6.30. The summed E-state index contributed by atoms with van der Waals surface area (Å²) in [5.74, 6) is -2.40. The molecule has 3 fully saturated rings. The van der Waals surface area contributed by atoms with Gasteiger partial charge in [-0.05, 0) is 74.9 Å². The highest BCUT2D eigenvalue weighted by Gasteiger charge is 2.79. The van der Waals surface area contributed by atoms with E-state index in [9.17, 15) is 19.5 Å². The number of aliphatic hydroxyl groups excluding tert-OH is 1. The zero-order chi connectivity index (χ0) is 27.1. The van der Waals surface area contributed by atoms with E-state index in [1.165, 1.54) is 0 Å². The minimum absolute atomic E-state index is 0.0433. The van der Waals surface area contributed by atoms with Crippen LogP contribution in [-0.4, -0.2) is 58.1 Å². The van der Waals surface area contributed by atoms with Gasteiger partial charge in [0.15, 0.2) is 0 Å². The topological polar surface area (TPSA) is 108 Å². The van der Waals surface area contributed by atoms with Crippen molar-refractivity contribution < 1.29 is 24.2 Å². The molecule has 3 heterocycles. The number of amides is 3. The lowest BCUT2D eigenvalue weighted by Gasteiger charge is -2.36. The molecule has 0 aliphatic carbocycles. The first-order valence-corrected chi connectivity index (χ1v) is 13.6. The SMILES string of the molecule is CC1CC23O[C@]1(C)[C@@H](C(=O)Nc1ccccc1)[C@H]2C(=O)N(CCCCCO)C3C(=O)Nc1ccc(Cl)cc1. The Morgan fingerprint density at radius 3 is 2.37 bits per heavy atom. The van der Waals surface area contributed by atoms with Crippen LogP contribution in [-0.2, 0) is 19.1 Å². The van der Waals surface area contributed by atoms with Crippen LogP contribution in [0, 0.1) is 17.8 Å². The van der Waals surface area contributed by atoms with E-state index in [-0.39, 0.29) is 30.2 Å². The number of ether oxygens (including phenoxy) is 1. The summed E-state index contributed by atoms with van der Waals surface area (Å²) in [5.41, 5.74) is -0.788. The summed E-state index contributed by atoms with van der Waals surface area (Å²) < 4.78 is 6.73. The minimum Gasteiger partial charge on any atom is -0.396 e. The first-order chi connectivity index (χ1) is 18.2. The van der Waals surface area contributed by atoms with Crippen LogP contribution in [0.3, 0.4) is 0 Å². The molecule has 3 amide bonds. The van der Waals surface area contributed by atoms with E-state index in [1.54, 1.807) is 41.3 Å². The molecule has 202 valence electrons. The lowest BCUT2D eigenvalue weighted by molar-refractivity contribution is -0.144. The van der Waals surface area contributed by atoms with Gasteiger partial charge in [-0.1, -0.05) is 36.7 Å². The van der Waals surface area contributed by atoms with Crippen molar-refractivity contribution in [2.24, 2.45) is 17.8 Å². The molecule has 2 bridgehead atoms. The molecule has 0 saturated carbocycles. The third kappa shape index (κ3) is 4.38. The predicted octanol–water partition coefficient (Wildman–Crippen LogP) is 4.09. The van der Waals surface area contributed by atoms with Crippen molar-refractivity contribution in [2.45, 2.75) is 56.8 Å². The number of carbonyl (C=O) groups excluding carboxylic acids is 3. The van der Waals surface area contributed by atoms with Crippen molar-refractivity contribution >= 4 is 40.7 Å². The van der Waals surface area contributed by atoms with Crippen LogP contribution in [0.25, 0.3) is 0 Å². The monoisotopic (exact) mass is 539 g/mol. The summed E-state index contributed by atoms with van der Waals surface area (Å²) >= 11 is 6.02. The molecule has 3 aliphatic heterocycles. The van der Waals surface area contributed by atoms with E-state index in [0.29, 0.717) is 42.2 Å². The van der Waals surface area contributed by atoms with Gasteiger partial charge in [0, 0.05) is 29.5 Å². The first kappa shape index (κ1) is 26.7. The second kappa shape index (κ2) is 10.3. The van der Waals surface area contributed by atoms with Gasteiger partial charge in [-0.3, -0.25) is 14.4 Å². The van der Waals surface area contributed by atoms with Crippen molar-refractivity contribution in [2.75, 3.05) is 23.8 Å². The van der Waals surface area contributed by atoms with Crippen LogP contribution in [0.15, 0.2) is 54.6 Å². The molecule has 2 aromatic rings. The Kier molecular flexibility index (Phi) is 7.24. The van der Waals surface area contributed by atoms with E-state index in [4.69, 9.17) is 16.3 Å². The molecule has 9 heteroatoms. The van der Waals surface area contributed by atoms with Crippen molar-refractivity contribution in [1.29, 1.82) is 0 Å². The Morgan fingerprint density at radius 2 is 1.68 bits per heavy atom. The number of likely N-dealkylation sites (tertiary alicyclic amines) is 1. The van der Waals surface area contributed by atoms with Crippen molar-refractivity contribution in [3.8, 4) is 0 Å². The number of fused-ring (bicyclic) bond motifs is 1. The largest absolute Gasteiger partial charge is 0.396 e. The molecule has 3 unspecified atom stereocenters. The molecular formula is C29H34ClN3O5. The van der Waals surface area contributed by atoms with Crippen LogP contribution >= 0.6 is 11.6 Å². The number of para-hydroxylation sites is 1. The minimum atomic E-state index is -1.11. The number of anilines is 2. The fourth-order valence-electron chi connectivity index (χ4n) is 6.74. The maximum Gasteiger partial charge on any atom is 0.250 e. The van der Waals surface area contributed by atoms with Gasteiger partial charge in [0.25, 0.3) is 0 Å². The number of halogens is 1. The number of rotatable bonds is 9. The highest BCUT2D eigenvalue weighted by atomic mass is 35.5. The number of nitrogens with one attached hydrogen (secondary N) is 2. The molecule has 3 saturated heterocycles. The molecule has 6 atom stereocenters. The molecule has 3 N–H and O–H groups in total. The Labute approximate surface area is 227 Å². The van der Waals surface area contributed by atoms with Gasteiger partial charge in [-0.25, -0.2) is 0 Å². The van der Waals surface area contributed by atoms with Crippen molar-refractivity contribution in [1.82, 2.24) is 4.90 Å². The molecule has 8 nitrogen and oxygen atoms in total. The van der Waals surface area contributed by atoms with Crippen LogP contribution in [0.4, 0.5) is 11.4 Å². The number of nitrogens with zero attached hydrogens (tertiary/aromatic N) is 1. The first-order valence-electron chi connectivity index (χ1n) is 13.2. The number of aliphatic hydroxyl groups is 1. The van der Waals surface area contributed by atoms with E-state index < -0.39 is 29.1 Å². The zero-order valence-electron chi connectivity index (χ0n) is 21.7. The lowest BCUT2D eigenvalue weighted by Crippen LogP contribution is -2.54. The van der Waals surface area contributed by atoms with Gasteiger partial charge >= 0.3 is 0 Å². The van der Waals surface area contributed by atoms with Crippen molar-refractivity contribution in [3.63, 3.8) is 0 Å². The Morgan fingerprint density at radius 1 is 1.03 bits per heavy atom. The Hall–Kier alpha value is -2.94. The van der Waals surface area contributed by atoms with Crippen molar-refractivity contribution in [3.05, 3.63) is 59.6 Å². The van der Waals surface area contributed by atoms with Gasteiger partial charge in [0.1, 0.15) is 11.6 Å². The van der Waals surface area contributed by atoms with E-state index >= 15 is 0 Å². The van der Waals surface area contributed by atoms with Gasteiger partial charge in [0.05, 0.1) is 17.4 Å². The zero-order valence-corrected chi connectivity index (χ0v) is 22.4. The summed E-state index contributed by atoms with van der Waals surface area (Å²) in [5, 5.41) is 15.7. The molecule has 1 spiro atoms. The second-order valence-corrected chi connectivity index (χ2v) is 11.3. The highest BCUT2D eigenvalue weighted by Crippen LogP contribution is 2.65. The van der Waals surface area contributed by atoms with Gasteiger partial charge < -0.3 is 25.4 Å². The molecule has 0 radical (unpaired) electrons. The summed E-state index contributed by atoms with van der Waals surface area (Å²) in [6.45, 7) is 4.34. The number of unbranched alkanes of at least 4 members (excludes halogenated alkanes) is 2. The third-order valence-electron chi connectivity index (χ3n) is 8.56. The smallest absolute Gasteiger partial charge is 0.250 e. The van der Waals surface area contributed by atoms with E-state index in [1.807, 2.05) is 32.0 Å². The van der Waals surface area contributed by atoms with E-state index in [2.05, 4.69) is 10.6 Å². The summed E-state index contributed by atoms with van der Waals surface area (Å²) in [6.07, 6.45) is 2.47. The average molecular weight is 540 g/mol. The van der Waals surface area contributed by atoms with Crippen LogP contribution in [0.5, 0.6) is 0 Å². The normalized spacial score (nSPS) is 31.4. The number of hydrogen-bond acceptors (Lipinski definition) is 5. The maximum absolute atomic E-state index is 14.1. The Balaban J connectivity index is 1.49.